The Labute approximate surface area is 127 Å². The van der Waals surface area contributed by atoms with Crippen LogP contribution < -0.4 is 0 Å². The number of halogens is 5. The first-order chi connectivity index (χ1) is 9.86. The van der Waals surface area contributed by atoms with Crippen molar-refractivity contribution in [3.8, 4) is 5.69 Å². The van der Waals surface area contributed by atoms with Gasteiger partial charge in [0.2, 0.25) is 5.82 Å². The van der Waals surface area contributed by atoms with Crippen LogP contribution in [0.1, 0.15) is 5.82 Å². The van der Waals surface area contributed by atoms with E-state index in [9.17, 15) is 13.2 Å². The maximum atomic E-state index is 13.2. The molecule has 2 nitrogen and oxygen atoms in total. The van der Waals surface area contributed by atoms with E-state index in [0.717, 1.165) is 4.57 Å². The van der Waals surface area contributed by atoms with Gasteiger partial charge in [-0.1, -0.05) is 23.2 Å². The summed E-state index contributed by atoms with van der Waals surface area (Å²) < 4.78 is 40.7. The molecule has 0 saturated carbocycles. The molecule has 0 fully saturated rings. The number of hydrogen-bond donors (Lipinski definition) is 0. The highest BCUT2D eigenvalue weighted by Crippen LogP contribution is 2.34. The monoisotopic (exact) mass is 330 g/mol. The number of aromatic nitrogens is 2. The molecule has 7 heteroatoms. The van der Waals surface area contributed by atoms with Crippen LogP contribution >= 0.6 is 23.2 Å². The van der Waals surface area contributed by atoms with E-state index < -0.39 is 12.0 Å². The SMILES string of the molecule is FC(F)(F)c1nc2ccc(Cl)cc2n1-c1ccc(Cl)cc1. The van der Waals surface area contributed by atoms with Gasteiger partial charge in [0.05, 0.1) is 11.0 Å². The van der Waals surface area contributed by atoms with E-state index in [1.807, 2.05) is 0 Å². The van der Waals surface area contributed by atoms with Crippen molar-refractivity contribution in [3.63, 3.8) is 0 Å². The lowest BCUT2D eigenvalue weighted by atomic mass is 10.2. The molecule has 0 bridgehead atoms. The average molecular weight is 331 g/mol. The van der Waals surface area contributed by atoms with Gasteiger partial charge in [-0.2, -0.15) is 13.2 Å². The molecule has 3 aromatic rings. The summed E-state index contributed by atoms with van der Waals surface area (Å²) in [6.45, 7) is 0. The highest BCUT2D eigenvalue weighted by Gasteiger charge is 2.38. The molecule has 2 aromatic carbocycles. The summed E-state index contributed by atoms with van der Waals surface area (Å²) in [6.07, 6.45) is -4.58. The predicted octanol–water partition coefficient (Wildman–Crippen LogP) is 5.35. The molecule has 0 unspecified atom stereocenters. The molecule has 0 saturated heterocycles. The zero-order valence-electron chi connectivity index (χ0n) is 10.3. The number of hydrogen-bond acceptors (Lipinski definition) is 1. The highest BCUT2D eigenvalue weighted by atomic mass is 35.5. The molecule has 0 spiro atoms. The first-order valence-electron chi connectivity index (χ1n) is 5.87. The molecule has 0 amide bonds. The van der Waals surface area contributed by atoms with Crippen molar-refractivity contribution in [2.75, 3.05) is 0 Å². The van der Waals surface area contributed by atoms with Crippen molar-refractivity contribution in [1.82, 2.24) is 9.55 Å². The lowest BCUT2D eigenvalue weighted by Crippen LogP contribution is -2.13. The largest absolute Gasteiger partial charge is 0.450 e. The van der Waals surface area contributed by atoms with Crippen molar-refractivity contribution < 1.29 is 13.2 Å². The van der Waals surface area contributed by atoms with Crippen LogP contribution in [0, 0.1) is 0 Å². The van der Waals surface area contributed by atoms with Gasteiger partial charge in [-0.15, -0.1) is 0 Å². The fourth-order valence-electron chi connectivity index (χ4n) is 2.09. The summed E-state index contributed by atoms with van der Waals surface area (Å²) in [5.41, 5.74) is 0.829. The molecule has 0 radical (unpaired) electrons. The standard InChI is InChI=1S/C14H7Cl2F3N2/c15-8-1-4-10(5-2-8)21-12-7-9(16)3-6-11(12)20-13(21)14(17,18)19/h1-7H. The quantitative estimate of drug-likeness (QED) is 0.588. The third-order valence-corrected chi connectivity index (χ3v) is 3.44. The normalized spacial score (nSPS) is 12.0. The first-order valence-corrected chi connectivity index (χ1v) is 6.63. The fourth-order valence-corrected chi connectivity index (χ4v) is 2.38. The molecule has 1 aromatic heterocycles. The Morgan fingerprint density at radius 2 is 1.52 bits per heavy atom. The molecule has 3 rings (SSSR count). The zero-order valence-corrected chi connectivity index (χ0v) is 11.8. The van der Waals surface area contributed by atoms with Gasteiger partial charge < -0.3 is 0 Å². The Bertz CT molecular complexity index is 807. The van der Waals surface area contributed by atoms with Gasteiger partial charge in [0.1, 0.15) is 0 Å². The second-order valence-electron chi connectivity index (χ2n) is 4.38. The number of benzene rings is 2. The minimum absolute atomic E-state index is 0.224. The number of fused-ring (bicyclic) bond motifs is 1. The molecule has 108 valence electrons. The van der Waals surface area contributed by atoms with E-state index in [-0.39, 0.29) is 11.0 Å². The van der Waals surface area contributed by atoms with Crippen LogP contribution in [-0.4, -0.2) is 9.55 Å². The summed E-state index contributed by atoms with van der Waals surface area (Å²) >= 11 is 11.7. The van der Waals surface area contributed by atoms with Gasteiger partial charge in [0.25, 0.3) is 0 Å². The molecular formula is C14H7Cl2F3N2. The van der Waals surface area contributed by atoms with Crippen LogP contribution in [0.5, 0.6) is 0 Å². The van der Waals surface area contributed by atoms with E-state index in [4.69, 9.17) is 23.2 Å². The Morgan fingerprint density at radius 1 is 0.905 bits per heavy atom. The Kier molecular flexibility index (Phi) is 3.34. The molecule has 0 atom stereocenters. The lowest BCUT2D eigenvalue weighted by Gasteiger charge is -2.11. The molecule has 0 aliphatic carbocycles. The molecule has 0 aliphatic rings. The van der Waals surface area contributed by atoms with E-state index in [1.54, 1.807) is 0 Å². The predicted molar refractivity (Wildman–Crippen MR) is 76.1 cm³/mol. The minimum Gasteiger partial charge on any atom is -0.289 e. The van der Waals surface area contributed by atoms with E-state index in [0.29, 0.717) is 15.7 Å². The van der Waals surface area contributed by atoms with Crippen molar-refractivity contribution in [2.45, 2.75) is 6.18 Å². The first kappa shape index (κ1) is 14.2. The average Bonchev–Trinajstić information content (AvgIpc) is 2.78. The van der Waals surface area contributed by atoms with Crippen molar-refractivity contribution in [3.05, 3.63) is 58.3 Å². The van der Waals surface area contributed by atoms with Gasteiger partial charge >= 0.3 is 6.18 Å². The van der Waals surface area contributed by atoms with Crippen LogP contribution in [0.4, 0.5) is 13.2 Å². The summed E-state index contributed by atoms with van der Waals surface area (Å²) in [5.74, 6) is -0.998. The zero-order chi connectivity index (χ0) is 15.2. The topological polar surface area (TPSA) is 17.8 Å². The molecule has 0 aliphatic heterocycles. The Hall–Kier alpha value is -1.72. The van der Waals surface area contributed by atoms with Gasteiger partial charge in [-0.25, -0.2) is 4.98 Å². The number of imidazole rings is 1. The third-order valence-electron chi connectivity index (χ3n) is 2.95. The Balaban J connectivity index is 2.36. The summed E-state index contributed by atoms with van der Waals surface area (Å²) in [4.78, 5) is 3.67. The molecule has 1 heterocycles. The smallest absolute Gasteiger partial charge is 0.289 e. The number of nitrogens with zero attached hydrogens (tertiary/aromatic N) is 2. The van der Waals surface area contributed by atoms with Gasteiger partial charge in [-0.3, -0.25) is 4.57 Å². The van der Waals surface area contributed by atoms with E-state index in [2.05, 4.69) is 4.98 Å². The number of alkyl halides is 3. The second-order valence-corrected chi connectivity index (χ2v) is 5.25. The van der Waals surface area contributed by atoms with E-state index in [1.165, 1.54) is 42.5 Å². The van der Waals surface area contributed by atoms with Gasteiger partial charge in [0.15, 0.2) is 0 Å². The summed E-state index contributed by atoms with van der Waals surface area (Å²) in [7, 11) is 0. The van der Waals surface area contributed by atoms with Gasteiger partial charge in [-0.05, 0) is 42.5 Å². The number of rotatable bonds is 1. The maximum Gasteiger partial charge on any atom is 0.450 e. The highest BCUT2D eigenvalue weighted by molar-refractivity contribution is 6.31. The van der Waals surface area contributed by atoms with Crippen molar-refractivity contribution >= 4 is 34.2 Å². The maximum absolute atomic E-state index is 13.2. The fraction of sp³-hybridized carbons (Fsp3) is 0.0714. The van der Waals surface area contributed by atoms with Crippen LogP contribution in [-0.2, 0) is 6.18 Å². The van der Waals surface area contributed by atoms with Crippen LogP contribution in [0.2, 0.25) is 10.0 Å². The van der Waals surface area contributed by atoms with Crippen LogP contribution in [0.25, 0.3) is 16.7 Å². The lowest BCUT2D eigenvalue weighted by molar-refractivity contribution is -0.145. The molecular weight excluding hydrogens is 324 g/mol. The van der Waals surface area contributed by atoms with E-state index >= 15 is 0 Å². The van der Waals surface area contributed by atoms with Crippen molar-refractivity contribution in [2.24, 2.45) is 0 Å². The second kappa shape index (κ2) is 4.93. The molecule has 0 N–H and O–H groups in total. The third kappa shape index (κ3) is 2.59. The minimum atomic E-state index is -4.58. The van der Waals surface area contributed by atoms with Crippen LogP contribution in [0.15, 0.2) is 42.5 Å². The van der Waals surface area contributed by atoms with Crippen molar-refractivity contribution in [1.29, 1.82) is 0 Å². The van der Waals surface area contributed by atoms with Crippen LogP contribution in [0.3, 0.4) is 0 Å². The van der Waals surface area contributed by atoms with Gasteiger partial charge in [0, 0.05) is 15.7 Å². The summed E-state index contributed by atoms with van der Waals surface area (Å²) in [5, 5.41) is 0.779. The Morgan fingerprint density at radius 3 is 2.14 bits per heavy atom. The summed E-state index contributed by atoms with van der Waals surface area (Å²) in [6, 6.07) is 10.5. The molecule has 21 heavy (non-hydrogen) atoms.